The molecule has 0 heterocycles. The molecule has 0 aromatic heterocycles. The summed E-state index contributed by atoms with van der Waals surface area (Å²) in [5.74, 6) is -0.782. The summed E-state index contributed by atoms with van der Waals surface area (Å²) in [6.07, 6.45) is 2.38. The maximum Gasteiger partial charge on any atom is 0.303 e. The predicted octanol–water partition coefficient (Wildman–Crippen LogP) is 3.28. The lowest BCUT2D eigenvalue weighted by Gasteiger charge is -2.09. The Kier molecular flexibility index (Phi) is 5.76. The minimum absolute atomic E-state index is 0.176. The molecule has 0 saturated heterocycles. The first-order valence-corrected chi connectivity index (χ1v) is 8.84. The zero-order chi connectivity index (χ0) is 16.7. The van der Waals surface area contributed by atoms with E-state index in [9.17, 15) is 13.2 Å². The quantitative estimate of drug-likeness (QED) is 0.726. The van der Waals surface area contributed by atoms with Gasteiger partial charge in [-0.05, 0) is 49.1 Å². The van der Waals surface area contributed by atoms with Crippen molar-refractivity contribution in [3.63, 3.8) is 0 Å². The fourth-order valence-electron chi connectivity index (χ4n) is 2.16. The first-order chi connectivity index (χ1) is 11.0. The number of carboxylic acids is 1. The van der Waals surface area contributed by atoms with E-state index < -0.39 is 16.0 Å². The molecule has 0 saturated carbocycles. The molecule has 0 aliphatic carbocycles. The van der Waals surface area contributed by atoms with Crippen molar-refractivity contribution in [2.75, 3.05) is 4.72 Å². The lowest BCUT2D eigenvalue weighted by Crippen LogP contribution is -2.12. The van der Waals surface area contributed by atoms with Crippen LogP contribution in [0.2, 0.25) is 0 Å². The van der Waals surface area contributed by atoms with Gasteiger partial charge in [-0.25, -0.2) is 8.42 Å². The second kappa shape index (κ2) is 7.78. The molecule has 0 amide bonds. The standard InChI is InChI=1S/C17H19NO4S/c19-17(20)9-5-4-6-14-10-12-15(13-11-14)18-23(21,22)16-7-2-1-3-8-16/h1-3,7-8,10-13,18H,4-6,9H2,(H,19,20). The van der Waals surface area contributed by atoms with E-state index in [0.29, 0.717) is 12.1 Å². The third-order valence-corrected chi connectivity index (χ3v) is 4.76. The number of hydrogen-bond acceptors (Lipinski definition) is 3. The van der Waals surface area contributed by atoms with Crippen LogP contribution in [-0.2, 0) is 21.2 Å². The van der Waals surface area contributed by atoms with Crippen LogP contribution in [0.4, 0.5) is 5.69 Å². The Morgan fingerprint density at radius 2 is 1.61 bits per heavy atom. The van der Waals surface area contributed by atoms with Gasteiger partial charge in [0.25, 0.3) is 10.0 Å². The summed E-state index contributed by atoms with van der Waals surface area (Å²) in [6.45, 7) is 0. The van der Waals surface area contributed by atoms with Gasteiger partial charge in [-0.1, -0.05) is 30.3 Å². The highest BCUT2D eigenvalue weighted by Gasteiger charge is 2.13. The molecule has 0 radical (unpaired) electrons. The van der Waals surface area contributed by atoms with Gasteiger partial charge in [-0.3, -0.25) is 9.52 Å². The highest BCUT2D eigenvalue weighted by atomic mass is 32.2. The Balaban J connectivity index is 1.93. The van der Waals surface area contributed by atoms with Crippen LogP contribution in [0.15, 0.2) is 59.5 Å². The van der Waals surface area contributed by atoms with Gasteiger partial charge >= 0.3 is 5.97 Å². The molecule has 23 heavy (non-hydrogen) atoms. The minimum atomic E-state index is -3.57. The second-order valence-corrected chi connectivity index (χ2v) is 6.90. The van der Waals surface area contributed by atoms with E-state index in [1.54, 1.807) is 42.5 Å². The molecule has 5 nitrogen and oxygen atoms in total. The summed E-state index contributed by atoms with van der Waals surface area (Å²) in [5.41, 5.74) is 1.56. The highest BCUT2D eigenvalue weighted by molar-refractivity contribution is 7.92. The normalized spacial score (nSPS) is 11.1. The number of aliphatic carboxylic acids is 1. The fraction of sp³-hybridized carbons (Fsp3) is 0.235. The summed E-state index contributed by atoms with van der Waals surface area (Å²) in [5, 5.41) is 8.58. The molecule has 2 rings (SSSR count). The van der Waals surface area contributed by atoms with Crippen LogP contribution in [0.1, 0.15) is 24.8 Å². The average molecular weight is 333 g/mol. The van der Waals surface area contributed by atoms with Crippen molar-refractivity contribution in [3.8, 4) is 0 Å². The Morgan fingerprint density at radius 1 is 0.957 bits per heavy atom. The van der Waals surface area contributed by atoms with E-state index in [1.165, 1.54) is 0 Å². The van der Waals surface area contributed by atoms with Crippen molar-refractivity contribution in [1.82, 2.24) is 0 Å². The summed E-state index contributed by atoms with van der Waals surface area (Å²) >= 11 is 0. The van der Waals surface area contributed by atoms with Gasteiger partial charge in [0.2, 0.25) is 0 Å². The van der Waals surface area contributed by atoms with E-state index >= 15 is 0 Å². The van der Waals surface area contributed by atoms with Gasteiger partial charge in [0.05, 0.1) is 4.90 Å². The zero-order valence-corrected chi connectivity index (χ0v) is 13.4. The lowest BCUT2D eigenvalue weighted by atomic mass is 10.1. The van der Waals surface area contributed by atoms with Crippen molar-refractivity contribution in [2.45, 2.75) is 30.6 Å². The number of anilines is 1. The molecular weight excluding hydrogens is 314 g/mol. The highest BCUT2D eigenvalue weighted by Crippen LogP contribution is 2.17. The molecule has 122 valence electrons. The smallest absolute Gasteiger partial charge is 0.303 e. The van der Waals surface area contributed by atoms with Crippen LogP contribution in [0.25, 0.3) is 0 Å². The van der Waals surface area contributed by atoms with Crippen molar-refractivity contribution in [3.05, 3.63) is 60.2 Å². The van der Waals surface area contributed by atoms with E-state index in [4.69, 9.17) is 5.11 Å². The fourth-order valence-corrected chi connectivity index (χ4v) is 3.24. The van der Waals surface area contributed by atoms with Crippen molar-refractivity contribution < 1.29 is 18.3 Å². The molecule has 0 spiro atoms. The Hall–Kier alpha value is -2.34. The van der Waals surface area contributed by atoms with E-state index in [2.05, 4.69) is 4.72 Å². The molecule has 0 aliphatic heterocycles. The summed E-state index contributed by atoms with van der Waals surface area (Å²) in [6, 6.07) is 15.3. The first-order valence-electron chi connectivity index (χ1n) is 7.36. The second-order valence-electron chi connectivity index (χ2n) is 5.22. The van der Waals surface area contributed by atoms with Gasteiger partial charge in [0.1, 0.15) is 0 Å². The molecule has 0 bridgehead atoms. The summed E-state index contributed by atoms with van der Waals surface area (Å²) < 4.78 is 26.9. The summed E-state index contributed by atoms with van der Waals surface area (Å²) in [7, 11) is -3.57. The van der Waals surface area contributed by atoms with Gasteiger partial charge in [0.15, 0.2) is 0 Å². The van der Waals surface area contributed by atoms with Crippen molar-refractivity contribution in [2.24, 2.45) is 0 Å². The number of aryl methyl sites for hydroxylation is 1. The van der Waals surface area contributed by atoms with Gasteiger partial charge in [-0.15, -0.1) is 0 Å². The molecule has 2 N–H and O–H groups in total. The number of carbonyl (C=O) groups is 1. The maximum atomic E-state index is 12.2. The maximum absolute atomic E-state index is 12.2. The van der Waals surface area contributed by atoms with E-state index in [1.807, 2.05) is 12.1 Å². The lowest BCUT2D eigenvalue weighted by molar-refractivity contribution is -0.137. The van der Waals surface area contributed by atoms with Gasteiger partial charge < -0.3 is 5.11 Å². The van der Waals surface area contributed by atoms with Crippen LogP contribution in [0.5, 0.6) is 0 Å². The molecular formula is C17H19NO4S. The van der Waals surface area contributed by atoms with Crippen LogP contribution in [-0.4, -0.2) is 19.5 Å². The van der Waals surface area contributed by atoms with E-state index in [-0.39, 0.29) is 11.3 Å². The molecule has 0 aliphatic rings. The van der Waals surface area contributed by atoms with Crippen LogP contribution >= 0.6 is 0 Å². The predicted molar refractivity (Wildman–Crippen MR) is 88.9 cm³/mol. The zero-order valence-electron chi connectivity index (χ0n) is 12.6. The third kappa shape index (κ3) is 5.41. The number of hydrogen-bond donors (Lipinski definition) is 2. The largest absolute Gasteiger partial charge is 0.481 e. The number of nitrogens with one attached hydrogen (secondary N) is 1. The molecule has 0 fully saturated rings. The Bertz CT molecular complexity index is 740. The molecule has 0 atom stereocenters. The molecule has 2 aromatic carbocycles. The van der Waals surface area contributed by atoms with Crippen molar-refractivity contribution in [1.29, 1.82) is 0 Å². The number of carboxylic acid groups (broad SMARTS) is 1. The summed E-state index contributed by atoms with van der Waals surface area (Å²) in [4.78, 5) is 10.7. The van der Waals surface area contributed by atoms with E-state index in [0.717, 1.165) is 18.4 Å². The van der Waals surface area contributed by atoms with Crippen LogP contribution in [0, 0.1) is 0 Å². The topological polar surface area (TPSA) is 83.5 Å². The minimum Gasteiger partial charge on any atom is -0.481 e. The molecule has 6 heteroatoms. The number of rotatable bonds is 8. The third-order valence-electron chi connectivity index (χ3n) is 3.37. The average Bonchev–Trinajstić information content (AvgIpc) is 2.53. The Morgan fingerprint density at radius 3 is 2.22 bits per heavy atom. The van der Waals surface area contributed by atoms with Gasteiger partial charge in [0, 0.05) is 12.1 Å². The number of sulfonamides is 1. The monoisotopic (exact) mass is 333 g/mol. The SMILES string of the molecule is O=C(O)CCCCc1ccc(NS(=O)(=O)c2ccccc2)cc1. The number of unbranched alkanes of at least 4 members (excludes halogenated alkanes) is 1. The Labute approximate surface area is 136 Å². The van der Waals surface area contributed by atoms with Crippen LogP contribution in [0.3, 0.4) is 0 Å². The van der Waals surface area contributed by atoms with Crippen LogP contribution < -0.4 is 4.72 Å². The molecule has 0 unspecified atom stereocenters. The molecule has 2 aromatic rings. The number of benzene rings is 2. The first kappa shape index (κ1) is 17.0. The van der Waals surface area contributed by atoms with Gasteiger partial charge in [-0.2, -0.15) is 0 Å². The van der Waals surface area contributed by atoms with Crippen molar-refractivity contribution >= 4 is 21.7 Å².